The Morgan fingerprint density at radius 3 is 2.90 bits per heavy atom. The molecule has 0 aliphatic carbocycles. The van der Waals surface area contributed by atoms with Crippen molar-refractivity contribution in [2.24, 2.45) is 16.6 Å². The Morgan fingerprint density at radius 1 is 1.39 bits per heavy atom. The van der Waals surface area contributed by atoms with Gasteiger partial charge in [0.15, 0.2) is 5.17 Å². The van der Waals surface area contributed by atoms with Crippen LogP contribution in [0.4, 0.5) is 18.9 Å². The number of fused-ring (bicyclic) bond motifs is 1. The summed E-state index contributed by atoms with van der Waals surface area (Å²) in [6.45, 7) is -0.887. The van der Waals surface area contributed by atoms with Crippen molar-refractivity contribution < 1.29 is 27.4 Å². The molecule has 164 valence electrons. The zero-order valence-corrected chi connectivity index (χ0v) is 17.2. The standard InChI is InChI=1S/C20H19F3N4O3S/c1-10-14-8-31-19(24)27-20(14,9-29-10)13-6-11(2-4-15(13)21)26-17(28)16-5-3-12(7-25-16)30-18(22)23/h2-7,10,14,18H,8-9H2,1H3,(H2,24,27)(H,26,28)/t10-,14?,20?/m1/s1. The second kappa shape index (κ2) is 8.39. The minimum atomic E-state index is -2.99. The Morgan fingerprint density at radius 2 is 2.19 bits per heavy atom. The number of hydrogen-bond donors (Lipinski definition) is 2. The molecule has 0 radical (unpaired) electrons. The van der Waals surface area contributed by atoms with Crippen molar-refractivity contribution in [2.75, 3.05) is 17.7 Å². The fourth-order valence-electron chi connectivity index (χ4n) is 3.82. The lowest BCUT2D eigenvalue weighted by atomic mass is 9.79. The summed E-state index contributed by atoms with van der Waals surface area (Å²) in [5.41, 5.74) is 5.58. The van der Waals surface area contributed by atoms with Crippen molar-refractivity contribution >= 4 is 28.5 Å². The molecule has 31 heavy (non-hydrogen) atoms. The smallest absolute Gasteiger partial charge is 0.387 e. The highest BCUT2D eigenvalue weighted by molar-refractivity contribution is 8.13. The van der Waals surface area contributed by atoms with E-state index in [0.29, 0.717) is 16.6 Å². The van der Waals surface area contributed by atoms with Gasteiger partial charge in [0, 0.05) is 22.9 Å². The number of halogens is 3. The Kier molecular flexibility index (Phi) is 5.80. The lowest BCUT2D eigenvalue weighted by molar-refractivity contribution is -0.0500. The van der Waals surface area contributed by atoms with Gasteiger partial charge in [0.05, 0.1) is 18.9 Å². The fraction of sp³-hybridized carbons (Fsp3) is 0.350. The second-order valence-corrected chi connectivity index (χ2v) is 8.25. The molecule has 1 amide bonds. The topological polar surface area (TPSA) is 98.8 Å². The number of anilines is 1. The van der Waals surface area contributed by atoms with Gasteiger partial charge < -0.3 is 20.5 Å². The number of benzene rings is 1. The van der Waals surface area contributed by atoms with Crippen LogP contribution < -0.4 is 15.8 Å². The third-order valence-corrected chi connectivity index (χ3v) is 6.26. The van der Waals surface area contributed by atoms with E-state index in [4.69, 9.17) is 10.5 Å². The van der Waals surface area contributed by atoms with E-state index in [1.54, 1.807) is 0 Å². The summed E-state index contributed by atoms with van der Waals surface area (Å²) < 4.78 is 49.4. The number of carbonyl (C=O) groups excluding carboxylic acids is 1. The van der Waals surface area contributed by atoms with Gasteiger partial charge in [0.25, 0.3) is 5.91 Å². The van der Waals surface area contributed by atoms with Crippen LogP contribution in [0.3, 0.4) is 0 Å². The number of ether oxygens (including phenoxy) is 2. The highest BCUT2D eigenvalue weighted by Crippen LogP contribution is 2.48. The Labute approximate surface area is 180 Å². The number of aliphatic imine (C=N–C) groups is 1. The van der Waals surface area contributed by atoms with Crippen LogP contribution in [0.2, 0.25) is 0 Å². The number of carbonyl (C=O) groups is 1. The summed E-state index contributed by atoms with van der Waals surface area (Å²) in [5, 5.41) is 3.00. The van der Waals surface area contributed by atoms with Crippen molar-refractivity contribution in [2.45, 2.75) is 25.2 Å². The highest BCUT2D eigenvalue weighted by Gasteiger charge is 2.52. The second-order valence-electron chi connectivity index (χ2n) is 7.21. The van der Waals surface area contributed by atoms with Crippen LogP contribution in [-0.4, -0.2) is 41.1 Å². The van der Waals surface area contributed by atoms with Gasteiger partial charge in [-0.3, -0.25) is 4.79 Å². The van der Waals surface area contributed by atoms with E-state index in [2.05, 4.69) is 20.0 Å². The summed E-state index contributed by atoms with van der Waals surface area (Å²) >= 11 is 1.40. The first-order valence-corrected chi connectivity index (χ1v) is 10.4. The molecule has 4 rings (SSSR count). The van der Waals surface area contributed by atoms with Gasteiger partial charge in [0.1, 0.15) is 22.8 Å². The van der Waals surface area contributed by atoms with E-state index < -0.39 is 23.9 Å². The van der Waals surface area contributed by atoms with E-state index in [0.717, 1.165) is 6.20 Å². The maximum atomic E-state index is 14.9. The average molecular weight is 452 g/mol. The van der Waals surface area contributed by atoms with E-state index in [1.165, 1.54) is 42.1 Å². The van der Waals surface area contributed by atoms with Gasteiger partial charge >= 0.3 is 6.61 Å². The third kappa shape index (κ3) is 4.19. The van der Waals surface area contributed by atoms with Gasteiger partial charge in [0.2, 0.25) is 0 Å². The number of nitrogens with one attached hydrogen (secondary N) is 1. The lowest BCUT2D eigenvalue weighted by Gasteiger charge is -2.35. The Bertz CT molecular complexity index is 1020. The van der Waals surface area contributed by atoms with Gasteiger partial charge in [-0.1, -0.05) is 11.8 Å². The average Bonchev–Trinajstić information content (AvgIpc) is 3.06. The quantitative estimate of drug-likeness (QED) is 0.722. The number of aromatic nitrogens is 1. The maximum Gasteiger partial charge on any atom is 0.387 e. The molecule has 2 aliphatic heterocycles. The molecule has 2 unspecified atom stereocenters. The lowest BCUT2D eigenvalue weighted by Crippen LogP contribution is -2.41. The summed E-state index contributed by atoms with van der Waals surface area (Å²) in [4.78, 5) is 20.9. The molecule has 2 aliphatic rings. The molecule has 2 aromatic rings. The summed E-state index contributed by atoms with van der Waals surface area (Å²) in [6, 6.07) is 6.65. The molecule has 0 saturated carbocycles. The number of nitrogens with two attached hydrogens (primary N) is 1. The molecular weight excluding hydrogens is 433 g/mol. The Balaban J connectivity index is 1.60. The van der Waals surface area contributed by atoms with E-state index in [9.17, 15) is 18.0 Å². The van der Waals surface area contributed by atoms with Crippen LogP contribution in [0.1, 0.15) is 23.0 Å². The molecule has 3 N–H and O–H groups in total. The zero-order chi connectivity index (χ0) is 22.2. The normalized spacial score (nSPS) is 25.1. The van der Waals surface area contributed by atoms with Crippen LogP contribution in [-0.2, 0) is 10.3 Å². The summed E-state index contributed by atoms with van der Waals surface area (Å²) in [6.07, 6.45) is 0.898. The summed E-state index contributed by atoms with van der Waals surface area (Å²) in [5.74, 6) is -0.663. The predicted molar refractivity (Wildman–Crippen MR) is 110 cm³/mol. The van der Waals surface area contributed by atoms with Crippen molar-refractivity contribution in [3.8, 4) is 5.75 Å². The molecule has 0 spiro atoms. The number of rotatable bonds is 5. The highest BCUT2D eigenvalue weighted by atomic mass is 32.2. The largest absolute Gasteiger partial charge is 0.433 e. The van der Waals surface area contributed by atoms with Gasteiger partial charge in [-0.05, 0) is 37.3 Å². The number of pyridine rings is 1. The zero-order valence-electron chi connectivity index (χ0n) is 16.3. The molecule has 1 aromatic carbocycles. The number of thioether (sulfide) groups is 1. The van der Waals surface area contributed by atoms with Crippen molar-refractivity contribution in [3.63, 3.8) is 0 Å². The maximum absolute atomic E-state index is 14.9. The third-order valence-electron chi connectivity index (χ3n) is 5.35. The monoisotopic (exact) mass is 452 g/mol. The molecule has 1 saturated heterocycles. The van der Waals surface area contributed by atoms with Gasteiger partial charge in [-0.25, -0.2) is 14.4 Å². The molecule has 3 atom stereocenters. The number of amides is 1. The number of nitrogens with zero attached hydrogens (tertiary/aromatic N) is 2. The molecule has 0 bridgehead atoms. The Hall–Kier alpha value is -2.79. The van der Waals surface area contributed by atoms with Crippen LogP contribution >= 0.6 is 11.8 Å². The van der Waals surface area contributed by atoms with Crippen LogP contribution in [0.5, 0.6) is 5.75 Å². The van der Waals surface area contributed by atoms with E-state index >= 15 is 0 Å². The number of alkyl halides is 2. The SMILES string of the molecule is C[C@H]1OCC2(c3cc(NC(=O)c4ccc(OC(F)F)cn4)ccc3F)N=C(N)SCC12. The first-order valence-electron chi connectivity index (χ1n) is 9.40. The molecule has 11 heteroatoms. The summed E-state index contributed by atoms with van der Waals surface area (Å²) in [7, 11) is 0. The van der Waals surface area contributed by atoms with Gasteiger partial charge in [-0.15, -0.1) is 0 Å². The molecule has 1 fully saturated rings. The minimum absolute atomic E-state index is 0.0160. The first kappa shape index (κ1) is 21.4. The fourth-order valence-corrected chi connectivity index (χ4v) is 4.94. The van der Waals surface area contributed by atoms with Crippen LogP contribution in [0, 0.1) is 11.7 Å². The molecule has 1 aromatic heterocycles. The molecule has 3 heterocycles. The van der Waals surface area contributed by atoms with Crippen molar-refractivity contribution in [1.82, 2.24) is 4.98 Å². The van der Waals surface area contributed by atoms with Gasteiger partial charge in [-0.2, -0.15) is 8.78 Å². The van der Waals surface area contributed by atoms with Crippen molar-refractivity contribution in [3.05, 3.63) is 53.6 Å². The number of hydrogen-bond acceptors (Lipinski definition) is 7. The minimum Gasteiger partial charge on any atom is -0.433 e. The first-order chi connectivity index (χ1) is 14.8. The van der Waals surface area contributed by atoms with E-state index in [1.807, 2.05) is 6.92 Å². The van der Waals surface area contributed by atoms with Crippen LogP contribution in [0.25, 0.3) is 0 Å². The van der Waals surface area contributed by atoms with Crippen molar-refractivity contribution in [1.29, 1.82) is 0 Å². The molecule has 7 nitrogen and oxygen atoms in total. The predicted octanol–water partition coefficient (Wildman–Crippen LogP) is 3.37. The van der Waals surface area contributed by atoms with Crippen LogP contribution in [0.15, 0.2) is 41.5 Å². The molecular formula is C20H19F3N4O3S. The van der Waals surface area contributed by atoms with E-state index in [-0.39, 0.29) is 35.6 Å². The number of amidine groups is 1.